The van der Waals surface area contributed by atoms with Gasteiger partial charge in [-0.15, -0.1) is 0 Å². The predicted molar refractivity (Wildman–Crippen MR) is 109 cm³/mol. The second kappa shape index (κ2) is 8.37. The lowest BCUT2D eigenvalue weighted by atomic mass is 10.3. The first kappa shape index (κ1) is 22.5. The summed E-state index contributed by atoms with van der Waals surface area (Å²) >= 11 is 0. The molecule has 33 heavy (non-hydrogen) atoms. The van der Waals surface area contributed by atoms with E-state index < -0.39 is 49.7 Å². The molecule has 0 bridgehead atoms. The molecule has 2 aromatic carbocycles. The number of aromatic nitrogens is 1. The molecule has 1 saturated heterocycles. The number of carbonyl (C=O) groups is 1. The van der Waals surface area contributed by atoms with Gasteiger partial charge in [-0.05, 0) is 24.3 Å². The largest absolute Gasteiger partial charge is 0.420 e. The van der Waals surface area contributed by atoms with Crippen LogP contribution in [-0.2, 0) is 21.4 Å². The number of hydrogen-bond acceptors (Lipinski definition) is 7. The summed E-state index contributed by atoms with van der Waals surface area (Å²) in [5.41, 5.74) is -0.101. The van der Waals surface area contributed by atoms with Crippen LogP contribution in [0, 0.1) is 21.7 Å². The quantitative estimate of drug-likeness (QED) is 0.395. The minimum Gasteiger partial charge on any atom is -0.407 e. The average molecular weight is 482 g/mol. The second-order valence-corrected chi connectivity index (χ2v) is 9.16. The summed E-state index contributed by atoms with van der Waals surface area (Å²) < 4.78 is 59.0. The number of nitrogens with zero attached hydrogens (tertiary/aromatic N) is 4. The van der Waals surface area contributed by atoms with E-state index in [0.717, 1.165) is 27.1 Å². The molecule has 1 aliphatic rings. The monoisotopic (exact) mass is 482 g/mol. The van der Waals surface area contributed by atoms with Crippen molar-refractivity contribution in [1.82, 2.24) is 13.8 Å². The normalized spacial score (nSPS) is 15.2. The Labute approximate surface area is 184 Å². The van der Waals surface area contributed by atoms with E-state index in [0.29, 0.717) is 6.07 Å². The second-order valence-electron chi connectivity index (χ2n) is 7.22. The van der Waals surface area contributed by atoms with Crippen molar-refractivity contribution in [1.29, 1.82) is 0 Å². The number of benzene rings is 2. The van der Waals surface area contributed by atoms with Crippen LogP contribution in [0.1, 0.15) is 0 Å². The first-order valence-corrected chi connectivity index (χ1v) is 11.0. The van der Waals surface area contributed by atoms with Crippen LogP contribution in [0.2, 0.25) is 0 Å². The van der Waals surface area contributed by atoms with Crippen LogP contribution in [0.15, 0.2) is 50.5 Å². The maximum atomic E-state index is 13.5. The highest BCUT2D eigenvalue weighted by Gasteiger charge is 2.31. The van der Waals surface area contributed by atoms with Crippen LogP contribution in [0.4, 0.5) is 14.5 Å². The maximum Gasteiger partial charge on any atom is 0.420 e. The Morgan fingerprint density at radius 3 is 2.39 bits per heavy atom. The SMILES string of the molecule is O=C(Cn1c(=O)oc2cc([N+](=O)[O-])ccc21)N1CCN(S(=O)(=O)c2ccc(F)c(F)c2)CC1. The van der Waals surface area contributed by atoms with Gasteiger partial charge in [0.05, 0.1) is 21.4 Å². The van der Waals surface area contributed by atoms with Crippen LogP contribution < -0.4 is 5.76 Å². The number of non-ortho nitro benzene ring substituents is 1. The fraction of sp³-hybridized carbons (Fsp3) is 0.263. The van der Waals surface area contributed by atoms with Gasteiger partial charge in [-0.3, -0.25) is 19.5 Å². The van der Waals surface area contributed by atoms with E-state index >= 15 is 0 Å². The van der Waals surface area contributed by atoms with Gasteiger partial charge in [0.15, 0.2) is 17.2 Å². The molecule has 14 heteroatoms. The van der Waals surface area contributed by atoms with Gasteiger partial charge in [0, 0.05) is 32.2 Å². The van der Waals surface area contributed by atoms with E-state index in [-0.39, 0.29) is 43.0 Å². The van der Waals surface area contributed by atoms with Gasteiger partial charge < -0.3 is 9.32 Å². The molecule has 0 unspecified atom stereocenters. The Bertz CT molecular complexity index is 1430. The number of oxazole rings is 1. The van der Waals surface area contributed by atoms with Crippen LogP contribution >= 0.6 is 0 Å². The number of nitro benzene ring substituents is 1. The number of fused-ring (bicyclic) bond motifs is 1. The topological polar surface area (TPSA) is 136 Å². The zero-order chi connectivity index (χ0) is 23.9. The van der Waals surface area contributed by atoms with Gasteiger partial charge in [-0.1, -0.05) is 0 Å². The lowest BCUT2D eigenvalue weighted by molar-refractivity contribution is -0.384. The van der Waals surface area contributed by atoms with Crippen LogP contribution in [0.25, 0.3) is 11.1 Å². The summed E-state index contributed by atoms with van der Waals surface area (Å²) in [6, 6.07) is 5.86. The molecule has 0 atom stereocenters. The summed E-state index contributed by atoms with van der Waals surface area (Å²) in [5, 5.41) is 10.9. The van der Waals surface area contributed by atoms with E-state index in [1.54, 1.807) is 0 Å². The van der Waals surface area contributed by atoms with Crippen molar-refractivity contribution in [3.05, 3.63) is 68.7 Å². The molecule has 1 aliphatic heterocycles. The van der Waals surface area contributed by atoms with Crippen molar-refractivity contribution in [3.8, 4) is 0 Å². The third-order valence-electron chi connectivity index (χ3n) is 5.28. The highest BCUT2D eigenvalue weighted by atomic mass is 32.2. The number of nitro groups is 1. The van der Waals surface area contributed by atoms with E-state index in [9.17, 15) is 36.9 Å². The Hall–Kier alpha value is -3.65. The molecule has 0 aliphatic carbocycles. The lowest BCUT2D eigenvalue weighted by Crippen LogP contribution is -2.51. The summed E-state index contributed by atoms with van der Waals surface area (Å²) in [6.07, 6.45) is 0. The molecule has 0 N–H and O–H groups in total. The van der Waals surface area contributed by atoms with E-state index in [1.807, 2.05) is 0 Å². The summed E-state index contributed by atoms with van der Waals surface area (Å²) in [5.74, 6) is -3.80. The molecular formula is C19H16F2N4O7S. The smallest absolute Gasteiger partial charge is 0.407 e. The predicted octanol–water partition coefficient (Wildman–Crippen LogP) is 1.31. The number of hydrogen-bond donors (Lipinski definition) is 0. The Kier molecular flexibility index (Phi) is 5.71. The standard InChI is InChI=1S/C19H16F2N4O7S/c20-14-3-2-13(10-15(14)21)33(30,31)23-7-5-22(6-8-23)18(26)11-24-16-4-1-12(25(28)29)9-17(16)32-19(24)27/h1-4,9-10H,5-8,11H2. The molecule has 3 aromatic rings. The van der Waals surface area contributed by atoms with Gasteiger partial charge in [0.25, 0.3) is 5.69 Å². The molecule has 1 fully saturated rings. The number of amides is 1. The molecule has 1 aromatic heterocycles. The van der Waals surface area contributed by atoms with Gasteiger partial charge in [-0.25, -0.2) is 22.0 Å². The number of rotatable bonds is 5. The summed E-state index contributed by atoms with van der Waals surface area (Å²) in [6.45, 7) is -0.546. The molecule has 174 valence electrons. The minimum atomic E-state index is -4.08. The van der Waals surface area contributed by atoms with Gasteiger partial charge in [0.1, 0.15) is 6.54 Å². The highest BCUT2D eigenvalue weighted by molar-refractivity contribution is 7.89. The maximum absolute atomic E-state index is 13.5. The van der Waals surface area contributed by atoms with E-state index in [2.05, 4.69) is 0 Å². The lowest BCUT2D eigenvalue weighted by Gasteiger charge is -2.34. The van der Waals surface area contributed by atoms with Crippen molar-refractivity contribution < 1.29 is 31.3 Å². The zero-order valence-electron chi connectivity index (χ0n) is 16.8. The first-order chi connectivity index (χ1) is 15.6. The van der Waals surface area contributed by atoms with Crippen molar-refractivity contribution in [3.63, 3.8) is 0 Å². The van der Waals surface area contributed by atoms with Crippen LogP contribution in [0.3, 0.4) is 0 Å². The fourth-order valence-corrected chi connectivity index (χ4v) is 4.95. The fourth-order valence-electron chi connectivity index (χ4n) is 3.52. The third kappa shape index (κ3) is 4.21. The molecule has 1 amide bonds. The van der Waals surface area contributed by atoms with Crippen LogP contribution in [0.5, 0.6) is 0 Å². The molecule has 2 heterocycles. The minimum absolute atomic E-state index is 0.0117. The highest BCUT2D eigenvalue weighted by Crippen LogP contribution is 2.22. The van der Waals surface area contributed by atoms with Crippen molar-refractivity contribution >= 4 is 32.7 Å². The summed E-state index contributed by atoms with van der Waals surface area (Å²) in [7, 11) is -4.08. The number of halogens is 2. The first-order valence-electron chi connectivity index (χ1n) is 9.58. The van der Waals surface area contributed by atoms with Gasteiger partial charge in [0.2, 0.25) is 15.9 Å². The number of piperazine rings is 1. The number of carbonyl (C=O) groups excluding carboxylic acids is 1. The molecular weight excluding hydrogens is 466 g/mol. The van der Waals surface area contributed by atoms with E-state index in [4.69, 9.17) is 4.42 Å². The third-order valence-corrected chi connectivity index (χ3v) is 7.17. The zero-order valence-corrected chi connectivity index (χ0v) is 17.6. The molecule has 4 rings (SSSR count). The average Bonchev–Trinajstić information content (AvgIpc) is 3.09. The van der Waals surface area contributed by atoms with Gasteiger partial charge >= 0.3 is 5.76 Å². The van der Waals surface area contributed by atoms with Crippen molar-refractivity contribution in [2.45, 2.75) is 11.4 Å². The Balaban J connectivity index is 1.46. The molecule has 0 radical (unpaired) electrons. The van der Waals surface area contributed by atoms with Gasteiger partial charge in [-0.2, -0.15) is 4.31 Å². The van der Waals surface area contributed by atoms with Crippen molar-refractivity contribution in [2.24, 2.45) is 0 Å². The molecule has 11 nitrogen and oxygen atoms in total. The van der Waals surface area contributed by atoms with E-state index in [1.165, 1.54) is 17.0 Å². The summed E-state index contributed by atoms with van der Waals surface area (Å²) in [4.78, 5) is 36.0. The molecule has 0 saturated carbocycles. The number of sulfonamides is 1. The Morgan fingerprint density at radius 2 is 1.76 bits per heavy atom. The van der Waals surface area contributed by atoms with Crippen LogP contribution in [-0.4, -0.2) is 59.2 Å². The van der Waals surface area contributed by atoms with Crippen molar-refractivity contribution in [2.75, 3.05) is 26.2 Å². The molecule has 0 spiro atoms. The Morgan fingerprint density at radius 1 is 1.06 bits per heavy atom.